The summed E-state index contributed by atoms with van der Waals surface area (Å²) < 4.78 is 5.52. The highest BCUT2D eigenvalue weighted by molar-refractivity contribution is 5.74. The van der Waals surface area contributed by atoms with Gasteiger partial charge in [-0.1, -0.05) is 18.2 Å². The van der Waals surface area contributed by atoms with Crippen LogP contribution in [0.3, 0.4) is 0 Å². The molecule has 1 heterocycles. The maximum absolute atomic E-state index is 11.4. The molecule has 0 aliphatic heterocycles. The highest BCUT2D eigenvalue weighted by Gasteiger charge is 2.09. The molecule has 0 aliphatic carbocycles. The lowest BCUT2D eigenvalue weighted by Crippen LogP contribution is -2.42. The molecule has 0 fully saturated rings. The second-order valence-electron chi connectivity index (χ2n) is 4.60. The highest BCUT2D eigenvalue weighted by atomic mass is 16.4. The summed E-state index contributed by atoms with van der Waals surface area (Å²) in [7, 11) is 0. The predicted molar refractivity (Wildman–Crippen MR) is 76.5 cm³/mol. The van der Waals surface area contributed by atoms with Crippen LogP contribution in [-0.4, -0.2) is 40.5 Å². The Morgan fingerprint density at radius 3 is 2.81 bits per heavy atom. The first kappa shape index (κ1) is 15.0. The van der Waals surface area contributed by atoms with Gasteiger partial charge in [0.1, 0.15) is 0 Å². The van der Waals surface area contributed by atoms with Crippen molar-refractivity contribution >= 4 is 6.03 Å². The quantitative estimate of drug-likeness (QED) is 0.735. The predicted octanol–water partition coefficient (Wildman–Crippen LogP) is 0.959. The zero-order valence-electron chi connectivity index (χ0n) is 11.7. The van der Waals surface area contributed by atoms with Crippen molar-refractivity contribution in [1.29, 1.82) is 0 Å². The Bertz CT molecular complexity index is 571. The van der Waals surface area contributed by atoms with Crippen molar-refractivity contribution in [2.24, 2.45) is 0 Å². The average molecular weight is 290 g/mol. The maximum atomic E-state index is 11.4. The molecule has 2 rings (SSSR count). The lowest BCUT2D eigenvalue weighted by atomic mass is 10.2. The van der Waals surface area contributed by atoms with E-state index in [4.69, 9.17) is 9.52 Å². The van der Waals surface area contributed by atoms with Crippen molar-refractivity contribution in [3.63, 3.8) is 0 Å². The minimum absolute atomic E-state index is 0.0997. The van der Waals surface area contributed by atoms with E-state index < -0.39 is 0 Å². The molecule has 0 spiro atoms. The zero-order chi connectivity index (χ0) is 15.1. The average Bonchev–Trinajstić information content (AvgIpc) is 2.97. The minimum Gasteiger partial charge on any atom is -0.421 e. The van der Waals surface area contributed by atoms with E-state index in [0.717, 1.165) is 5.56 Å². The van der Waals surface area contributed by atoms with Gasteiger partial charge >= 0.3 is 6.03 Å². The standard InChI is InChI=1S/C14H18N4O3/c1-10(9-19)16-14(20)15-8-7-12-17-18-13(21-12)11-5-3-2-4-6-11/h2-6,10,19H,7-9H2,1H3,(H2,15,16,20)/t10-/m0/s1. The van der Waals surface area contributed by atoms with E-state index in [1.54, 1.807) is 6.92 Å². The SMILES string of the molecule is C[C@@H](CO)NC(=O)NCCc1nnc(-c2ccccc2)o1. The van der Waals surface area contributed by atoms with Crippen molar-refractivity contribution < 1.29 is 14.3 Å². The molecule has 112 valence electrons. The van der Waals surface area contributed by atoms with Crippen LogP contribution < -0.4 is 10.6 Å². The van der Waals surface area contributed by atoms with Gasteiger partial charge in [-0.2, -0.15) is 0 Å². The third-order valence-corrected chi connectivity index (χ3v) is 2.76. The fourth-order valence-corrected chi connectivity index (χ4v) is 1.66. The van der Waals surface area contributed by atoms with Crippen LogP contribution >= 0.6 is 0 Å². The highest BCUT2D eigenvalue weighted by Crippen LogP contribution is 2.16. The van der Waals surface area contributed by atoms with E-state index in [-0.39, 0.29) is 18.7 Å². The first-order valence-corrected chi connectivity index (χ1v) is 6.72. The van der Waals surface area contributed by atoms with Crippen LogP contribution in [0.2, 0.25) is 0 Å². The molecule has 2 amide bonds. The number of hydrogen-bond donors (Lipinski definition) is 3. The van der Waals surface area contributed by atoms with Gasteiger partial charge in [-0.3, -0.25) is 0 Å². The number of nitrogens with zero attached hydrogens (tertiary/aromatic N) is 2. The van der Waals surface area contributed by atoms with E-state index in [1.165, 1.54) is 0 Å². The molecule has 1 aromatic heterocycles. The molecule has 0 radical (unpaired) electrons. The van der Waals surface area contributed by atoms with Crippen LogP contribution in [0, 0.1) is 0 Å². The summed E-state index contributed by atoms with van der Waals surface area (Å²) >= 11 is 0. The Kier molecular flexibility index (Phi) is 5.28. The maximum Gasteiger partial charge on any atom is 0.315 e. The molecule has 2 aromatic rings. The van der Waals surface area contributed by atoms with Crippen LogP contribution in [0.5, 0.6) is 0 Å². The number of aromatic nitrogens is 2. The Labute approximate surface area is 122 Å². The second-order valence-corrected chi connectivity index (χ2v) is 4.60. The van der Waals surface area contributed by atoms with Crippen molar-refractivity contribution in [2.45, 2.75) is 19.4 Å². The Hall–Kier alpha value is -2.41. The molecule has 7 nitrogen and oxygen atoms in total. The van der Waals surface area contributed by atoms with Gasteiger partial charge in [0.15, 0.2) is 0 Å². The first-order valence-electron chi connectivity index (χ1n) is 6.72. The van der Waals surface area contributed by atoms with Gasteiger partial charge in [-0.25, -0.2) is 4.79 Å². The molecule has 0 saturated heterocycles. The van der Waals surface area contributed by atoms with E-state index in [9.17, 15) is 4.79 Å². The number of aliphatic hydroxyl groups excluding tert-OH is 1. The summed E-state index contributed by atoms with van der Waals surface area (Å²) in [4.78, 5) is 11.4. The third-order valence-electron chi connectivity index (χ3n) is 2.76. The molecule has 0 saturated carbocycles. The molecule has 21 heavy (non-hydrogen) atoms. The van der Waals surface area contributed by atoms with Crippen LogP contribution in [0.25, 0.3) is 11.5 Å². The number of nitrogens with one attached hydrogen (secondary N) is 2. The fourth-order valence-electron chi connectivity index (χ4n) is 1.66. The van der Waals surface area contributed by atoms with Gasteiger partial charge in [-0.15, -0.1) is 10.2 Å². The second kappa shape index (κ2) is 7.39. The van der Waals surface area contributed by atoms with Crippen molar-refractivity contribution in [3.05, 3.63) is 36.2 Å². The van der Waals surface area contributed by atoms with Crippen LogP contribution in [0.15, 0.2) is 34.7 Å². The van der Waals surface area contributed by atoms with Gasteiger partial charge in [-0.05, 0) is 19.1 Å². The monoisotopic (exact) mass is 290 g/mol. The van der Waals surface area contributed by atoms with E-state index in [2.05, 4.69) is 20.8 Å². The topological polar surface area (TPSA) is 100 Å². The van der Waals surface area contributed by atoms with Gasteiger partial charge in [0.05, 0.1) is 12.6 Å². The van der Waals surface area contributed by atoms with Crippen LogP contribution in [0.1, 0.15) is 12.8 Å². The molecule has 0 aliphatic rings. The number of benzene rings is 1. The fraction of sp³-hybridized carbons (Fsp3) is 0.357. The Balaban J connectivity index is 1.80. The summed E-state index contributed by atoms with van der Waals surface area (Å²) in [6, 6.07) is 8.87. The normalized spacial score (nSPS) is 11.9. The van der Waals surface area contributed by atoms with Gasteiger partial charge in [0.25, 0.3) is 0 Å². The largest absolute Gasteiger partial charge is 0.421 e. The number of carbonyl (C=O) groups is 1. The number of aliphatic hydroxyl groups is 1. The lowest BCUT2D eigenvalue weighted by molar-refractivity contribution is 0.220. The Morgan fingerprint density at radius 1 is 1.33 bits per heavy atom. The van der Waals surface area contributed by atoms with Crippen LogP contribution in [0.4, 0.5) is 4.79 Å². The van der Waals surface area contributed by atoms with Crippen LogP contribution in [-0.2, 0) is 6.42 Å². The minimum atomic E-state index is -0.334. The number of hydrogen-bond acceptors (Lipinski definition) is 5. The summed E-state index contributed by atoms with van der Waals surface area (Å²) in [6.07, 6.45) is 0.445. The summed E-state index contributed by atoms with van der Waals surface area (Å²) in [6.45, 7) is 1.99. The molecule has 1 atom stereocenters. The zero-order valence-corrected chi connectivity index (χ0v) is 11.7. The summed E-state index contributed by atoms with van der Waals surface area (Å²) in [5, 5.41) is 22.0. The van der Waals surface area contributed by atoms with Crippen molar-refractivity contribution in [1.82, 2.24) is 20.8 Å². The summed E-state index contributed by atoms with van der Waals surface area (Å²) in [5.41, 5.74) is 0.860. The molecular weight excluding hydrogens is 272 g/mol. The molecule has 0 bridgehead atoms. The Morgan fingerprint density at radius 2 is 2.10 bits per heavy atom. The first-order chi connectivity index (χ1) is 10.2. The molecular formula is C14H18N4O3. The van der Waals surface area contributed by atoms with Crippen molar-refractivity contribution in [3.8, 4) is 11.5 Å². The van der Waals surface area contributed by atoms with Crippen molar-refractivity contribution in [2.75, 3.05) is 13.2 Å². The number of rotatable bonds is 6. The molecule has 1 aromatic carbocycles. The summed E-state index contributed by atoms with van der Waals surface area (Å²) in [5.74, 6) is 0.924. The van der Waals surface area contributed by atoms with E-state index >= 15 is 0 Å². The molecule has 0 unspecified atom stereocenters. The number of urea groups is 1. The number of carbonyl (C=O) groups excluding carboxylic acids is 1. The van der Waals surface area contributed by atoms with E-state index in [0.29, 0.717) is 24.7 Å². The third kappa shape index (κ3) is 4.57. The smallest absolute Gasteiger partial charge is 0.315 e. The van der Waals surface area contributed by atoms with Gasteiger partial charge < -0.3 is 20.2 Å². The molecule has 3 N–H and O–H groups in total. The van der Waals surface area contributed by atoms with Gasteiger partial charge in [0.2, 0.25) is 11.8 Å². The molecule has 7 heteroatoms. The van der Waals surface area contributed by atoms with Gasteiger partial charge in [0, 0.05) is 18.5 Å². The van der Waals surface area contributed by atoms with E-state index in [1.807, 2.05) is 30.3 Å². The lowest BCUT2D eigenvalue weighted by Gasteiger charge is -2.11. The number of amides is 2.